The smallest absolute Gasteiger partial charge is 0.271 e. The first-order chi connectivity index (χ1) is 21.0. The Labute approximate surface area is 272 Å². The summed E-state index contributed by atoms with van der Waals surface area (Å²) in [4.78, 5) is 12.8. The van der Waals surface area contributed by atoms with Gasteiger partial charge in [0, 0.05) is 16.9 Å². The van der Waals surface area contributed by atoms with Gasteiger partial charge < -0.3 is 9.30 Å². The molecule has 1 heterocycles. The summed E-state index contributed by atoms with van der Waals surface area (Å²) in [5.74, 6) is 0.488. The SMILES string of the molecule is Cc1ccc(-c2ccccc2)n1-c1ccc(C(=O)N/N=C/c2cc(Br)c(OCc3cccc4ccccc34)c(I)c2)cc1. The second-order valence-corrected chi connectivity index (χ2v) is 12.1. The minimum absolute atomic E-state index is 0.279. The van der Waals surface area contributed by atoms with Gasteiger partial charge in [-0.2, -0.15) is 5.10 Å². The van der Waals surface area contributed by atoms with E-state index in [0.717, 1.165) is 47.6 Å². The second-order valence-electron chi connectivity index (χ2n) is 10.0. The molecule has 212 valence electrons. The number of carbonyl (C=O) groups is 1. The van der Waals surface area contributed by atoms with E-state index in [2.05, 4.69) is 109 Å². The van der Waals surface area contributed by atoms with Crippen molar-refractivity contribution in [3.8, 4) is 22.7 Å². The van der Waals surface area contributed by atoms with Crippen molar-refractivity contribution in [2.45, 2.75) is 13.5 Å². The first-order valence-electron chi connectivity index (χ1n) is 13.7. The molecule has 6 rings (SSSR count). The van der Waals surface area contributed by atoms with E-state index >= 15 is 0 Å². The highest BCUT2D eigenvalue weighted by Crippen LogP contribution is 2.33. The fraction of sp³-hybridized carbons (Fsp3) is 0.0556. The van der Waals surface area contributed by atoms with E-state index in [4.69, 9.17) is 4.74 Å². The van der Waals surface area contributed by atoms with Gasteiger partial charge in [-0.15, -0.1) is 0 Å². The summed E-state index contributed by atoms with van der Waals surface area (Å²) in [6.45, 7) is 2.53. The third kappa shape index (κ3) is 6.43. The van der Waals surface area contributed by atoms with Crippen LogP contribution < -0.4 is 10.2 Å². The van der Waals surface area contributed by atoms with Gasteiger partial charge in [0.1, 0.15) is 12.4 Å². The van der Waals surface area contributed by atoms with Crippen molar-refractivity contribution in [1.29, 1.82) is 0 Å². The Morgan fingerprint density at radius 2 is 1.65 bits per heavy atom. The number of halogens is 2. The van der Waals surface area contributed by atoms with Crippen LogP contribution >= 0.6 is 38.5 Å². The Bertz CT molecular complexity index is 1920. The number of nitrogens with zero attached hydrogens (tertiary/aromatic N) is 2. The Balaban J connectivity index is 1.11. The molecule has 5 nitrogen and oxygen atoms in total. The lowest BCUT2D eigenvalue weighted by atomic mass is 10.1. The van der Waals surface area contributed by atoms with Gasteiger partial charge in [0.25, 0.3) is 5.91 Å². The first kappa shape index (κ1) is 28.9. The molecule has 5 aromatic carbocycles. The average Bonchev–Trinajstić information content (AvgIpc) is 3.42. The minimum atomic E-state index is -0.279. The van der Waals surface area contributed by atoms with E-state index in [1.165, 1.54) is 10.8 Å². The van der Waals surface area contributed by atoms with Crippen molar-refractivity contribution in [2.75, 3.05) is 0 Å². The van der Waals surface area contributed by atoms with E-state index in [-0.39, 0.29) is 5.91 Å². The van der Waals surface area contributed by atoms with Crippen molar-refractivity contribution in [3.63, 3.8) is 0 Å². The standard InChI is InChI=1S/C36H27BrIN3O2/c1-24-14-19-34(27-9-3-2-4-10-27)41(24)30-17-15-28(16-18-30)36(42)40-39-22-25-20-32(37)35(33(38)21-25)43-23-29-12-7-11-26-8-5-6-13-31(26)29/h2-22H,23H2,1H3,(H,40,42)/b39-22+. The molecule has 0 aliphatic carbocycles. The predicted molar refractivity (Wildman–Crippen MR) is 186 cm³/mol. The molecular formula is C36H27BrIN3O2. The van der Waals surface area contributed by atoms with Crippen molar-refractivity contribution in [1.82, 2.24) is 9.99 Å². The highest BCUT2D eigenvalue weighted by molar-refractivity contribution is 14.1. The molecule has 1 N–H and O–H groups in total. The number of benzene rings is 5. The van der Waals surface area contributed by atoms with E-state index in [0.29, 0.717) is 12.2 Å². The van der Waals surface area contributed by atoms with Crippen LogP contribution in [-0.4, -0.2) is 16.7 Å². The Morgan fingerprint density at radius 3 is 2.44 bits per heavy atom. The van der Waals surface area contributed by atoms with Crippen LogP contribution in [0.3, 0.4) is 0 Å². The number of aryl methyl sites for hydroxylation is 1. The highest BCUT2D eigenvalue weighted by Gasteiger charge is 2.12. The van der Waals surface area contributed by atoms with E-state index in [1.54, 1.807) is 6.21 Å². The summed E-state index contributed by atoms with van der Waals surface area (Å²) in [6, 6.07) is 40.4. The van der Waals surface area contributed by atoms with E-state index in [9.17, 15) is 4.79 Å². The van der Waals surface area contributed by atoms with Gasteiger partial charge in [-0.3, -0.25) is 4.79 Å². The number of hydrogen-bond acceptors (Lipinski definition) is 3. The van der Waals surface area contributed by atoms with Crippen LogP contribution in [0.15, 0.2) is 131 Å². The van der Waals surface area contributed by atoms with Crippen LogP contribution in [0.4, 0.5) is 0 Å². The molecule has 0 aliphatic rings. The van der Waals surface area contributed by atoms with Crippen molar-refractivity contribution in [3.05, 3.63) is 152 Å². The van der Waals surface area contributed by atoms with Crippen LogP contribution in [0.1, 0.15) is 27.2 Å². The fourth-order valence-electron chi connectivity index (χ4n) is 5.07. The lowest BCUT2D eigenvalue weighted by Crippen LogP contribution is -2.17. The fourth-order valence-corrected chi connectivity index (χ4v) is 6.84. The van der Waals surface area contributed by atoms with Crippen LogP contribution in [0.2, 0.25) is 0 Å². The third-order valence-electron chi connectivity index (χ3n) is 7.19. The van der Waals surface area contributed by atoms with Gasteiger partial charge in [0.2, 0.25) is 0 Å². The number of aromatic nitrogens is 1. The van der Waals surface area contributed by atoms with Gasteiger partial charge in [-0.1, -0.05) is 72.8 Å². The first-order valence-corrected chi connectivity index (χ1v) is 15.6. The van der Waals surface area contributed by atoms with Gasteiger partial charge in [-0.25, -0.2) is 5.43 Å². The largest absolute Gasteiger partial charge is 0.487 e. The lowest BCUT2D eigenvalue weighted by Gasteiger charge is -2.13. The number of hydrogen-bond donors (Lipinski definition) is 1. The van der Waals surface area contributed by atoms with Crippen LogP contribution in [0, 0.1) is 10.5 Å². The highest BCUT2D eigenvalue weighted by atomic mass is 127. The zero-order chi connectivity index (χ0) is 29.8. The van der Waals surface area contributed by atoms with Crippen molar-refractivity contribution >= 4 is 61.4 Å². The Hall–Kier alpha value is -4.21. The van der Waals surface area contributed by atoms with Crippen LogP contribution in [0.25, 0.3) is 27.7 Å². The number of nitrogens with one attached hydrogen (secondary N) is 1. The second kappa shape index (κ2) is 13.0. The number of rotatable bonds is 8. The summed E-state index contributed by atoms with van der Waals surface area (Å²) < 4.78 is 10.2. The molecule has 43 heavy (non-hydrogen) atoms. The van der Waals surface area contributed by atoms with Gasteiger partial charge in [-0.05, 0) is 121 Å². The van der Waals surface area contributed by atoms with Crippen molar-refractivity contribution < 1.29 is 9.53 Å². The van der Waals surface area contributed by atoms with E-state index in [1.807, 2.05) is 72.8 Å². The maximum absolute atomic E-state index is 12.8. The van der Waals surface area contributed by atoms with Crippen LogP contribution in [0.5, 0.6) is 5.75 Å². The average molecular weight is 740 g/mol. The molecule has 0 aliphatic heterocycles. The summed E-state index contributed by atoms with van der Waals surface area (Å²) in [7, 11) is 0. The summed E-state index contributed by atoms with van der Waals surface area (Å²) in [5.41, 5.74) is 9.48. The molecule has 0 atom stereocenters. The molecule has 0 saturated carbocycles. The summed E-state index contributed by atoms with van der Waals surface area (Å²) >= 11 is 5.90. The maximum atomic E-state index is 12.8. The molecule has 0 radical (unpaired) electrons. The Morgan fingerprint density at radius 1 is 0.907 bits per heavy atom. The predicted octanol–water partition coefficient (Wildman–Crippen LogP) is 9.32. The van der Waals surface area contributed by atoms with Gasteiger partial charge >= 0.3 is 0 Å². The van der Waals surface area contributed by atoms with Crippen molar-refractivity contribution in [2.24, 2.45) is 5.10 Å². The molecule has 0 unspecified atom stereocenters. The molecule has 0 bridgehead atoms. The number of hydrazone groups is 1. The van der Waals surface area contributed by atoms with Gasteiger partial charge in [0.05, 0.1) is 20.0 Å². The molecule has 7 heteroatoms. The monoisotopic (exact) mass is 739 g/mol. The zero-order valence-electron chi connectivity index (χ0n) is 23.3. The number of ether oxygens (including phenoxy) is 1. The normalized spacial score (nSPS) is 11.2. The topological polar surface area (TPSA) is 55.6 Å². The van der Waals surface area contributed by atoms with Gasteiger partial charge in [0.15, 0.2) is 0 Å². The molecular weight excluding hydrogens is 713 g/mol. The third-order valence-corrected chi connectivity index (χ3v) is 8.58. The molecule has 0 fully saturated rings. The molecule has 6 aromatic rings. The minimum Gasteiger partial charge on any atom is -0.487 e. The van der Waals surface area contributed by atoms with Crippen LogP contribution in [-0.2, 0) is 6.61 Å². The number of fused-ring (bicyclic) bond motifs is 1. The molecule has 0 saturated heterocycles. The zero-order valence-corrected chi connectivity index (χ0v) is 27.0. The van der Waals surface area contributed by atoms with E-state index < -0.39 is 0 Å². The summed E-state index contributed by atoms with van der Waals surface area (Å²) in [6.07, 6.45) is 1.63. The lowest BCUT2D eigenvalue weighted by molar-refractivity contribution is 0.0955. The summed E-state index contributed by atoms with van der Waals surface area (Å²) in [5, 5.41) is 6.58. The maximum Gasteiger partial charge on any atom is 0.271 e. The number of amides is 1. The molecule has 1 aromatic heterocycles. The number of carbonyl (C=O) groups excluding carboxylic acids is 1. The molecule has 0 spiro atoms. The molecule has 1 amide bonds. The Kier molecular flexibility index (Phi) is 8.72. The quantitative estimate of drug-likeness (QED) is 0.0962.